The Morgan fingerprint density at radius 2 is 2.30 bits per heavy atom. The van der Waals surface area contributed by atoms with E-state index in [1.54, 1.807) is 0 Å². The molecule has 110 valence electrons. The van der Waals surface area contributed by atoms with E-state index >= 15 is 0 Å². The van der Waals surface area contributed by atoms with Gasteiger partial charge in [-0.2, -0.15) is 0 Å². The minimum atomic E-state index is -0.491. The summed E-state index contributed by atoms with van der Waals surface area (Å²) >= 11 is 0. The largest absolute Gasteiger partial charge is 0.391 e. The summed E-state index contributed by atoms with van der Waals surface area (Å²) in [6.07, 6.45) is 0.157. The third kappa shape index (κ3) is 3.14. The van der Waals surface area contributed by atoms with Crippen LogP contribution in [0.5, 0.6) is 0 Å². The summed E-state index contributed by atoms with van der Waals surface area (Å²) in [5.74, 6) is 0.555. The number of nitrogen functional groups attached to an aromatic ring is 1. The number of aliphatic hydroxyl groups excluding tert-OH is 1. The quantitative estimate of drug-likeness (QED) is 0.594. The van der Waals surface area contributed by atoms with Crippen molar-refractivity contribution in [3.63, 3.8) is 0 Å². The minimum Gasteiger partial charge on any atom is -0.391 e. The zero-order valence-corrected chi connectivity index (χ0v) is 11.6. The predicted octanol–water partition coefficient (Wildman–Crippen LogP) is 0.0732. The maximum absolute atomic E-state index is 10.9. The van der Waals surface area contributed by atoms with Gasteiger partial charge in [0, 0.05) is 19.1 Å². The fraction of sp³-hybridized carbons (Fsp3) is 0.583. The van der Waals surface area contributed by atoms with Gasteiger partial charge >= 0.3 is 0 Å². The average molecular weight is 281 g/mol. The smallest absolute Gasteiger partial charge is 0.276 e. The highest BCUT2D eigenvalue weighted by atomic mass is 16.6. The number of nitrogens with two attached hydrogens (primary N) is 1. The number of hydrogen-bond acceptors (Lipinski definition) is 7. The van der Waals surface area contributed by atoms with Crippen LogP contribution in [0.2, 0.25) is 0 Å². The van der Waals surface area contributed by atoms with Crippen molar-refractivity contribution < 1.29 is 10.0 Å². The van der Waals surface area contributed by atoms with Gasteiger partial charge in [-0.1, -0.05) is 0 Å². The standard InChI is InChI=1S/C12H19N5O3/c1-15(2)6-9-3-10(18)7-16(9)12-5-8(17(19)20)4-11(13)14-12/h4-5,9-10,18H,3,6-7H2,1-2H3,(H2,13,14). The summed E-state index contributed by atoms with van der Waals surface area (Å²) < 4.78 is 0. The van der Waals surface area contributed by atoms with Crippen molar-refractivity contribution in [2.45, 2.75) is 18.6 Å². The van der Waals surface area contributed by atoms with Crippen molar-refractivity contribution >= 4 is 17.3 Å². The summed E-state index contributed by atoms with van der Waals surface area (Å²) in [5, 5.41) is 20.7. The van der Waals surface area contributed by atoms with Crippen molar-refractivity contribution in [2.24, 2.45) is 0 Å². The van der Waals surface area contributed by atoms with Crippen molar-refractivity contribution in [3.05, 3.63) is 22.2 Å². The fourth-order valence-corrected chi connectivity index (χ4v) is 2.54. The van der Waals surface area contributed by atoms with Crippen LogP contribution in [0.15, 0.2) is 12.1 Å². The van der Waals surface area contributed by atoms with Crippen LogP contribution in [0.3, 0.4) is 0 Å². The van der Waals surface area contributed by atoms with Crippen molar-refractivity contribution in [1.29, 1.82) is 0 Å². The Kier molecular flexibility index (Phi) is 4.05. The predicted molar refractivity (Wildman–Crippen MR) is 75.6 cm³/mol. The zero-order valence-electron chi connectivity index (χ0n) is 11.6. The second-order valence-electron chi connectivity index (χ2n) is 5.32. The van der Waals surface area contributed by atoms with E-state index in [-0.39, 0.29) is 17.5 Å². The number of nitro groups is 1. The van der Waals surface area contributed by atoms with E-state index in [1.807, 2.05) is 23.9 Å². The summed E-state index contributed by atoms with van der Waals surface area (Å²) in [4.78, 5) is 18.5. The van der Waals surface area contributed by atoms with E-state index in [0.717, 1.165) is 6.54 Å². The molecule has 1 aliphatic heterocycles. The van der Waals surface area contributed by atoms with Gasteiger partial charge < -0.3 is 20.6 Å². The maximum Gasteiger partial charge on any atom is 0.276 e. The van der Waals surface area contributed by atoms with Crippen LogP contribution in [-0.4, -0.2) is 59.2 Å². The number of anilines is 2. The van der Waals surface area contributed by atoms with Crippen LogP contribution in [0.1, 0.15) is 6.42 Å². The first-order valence-corrected chi connectivity index (χ1v) is 6.38. The van der Waals surface area contributed by atoms with Crippen molar-refractivity contribution in [2.75, 3.05) is 37.8 Å². The van der Waals surface area contributed by atoms with E-state index in [0.29, 0.717) is 18.8 Å². The van der Waals surface area contributed by atoms with Crippen LogP contribution in [0, 0.1) is 10.1 Å². The number of rotatable bonds is 4. The summed E-state index contributed by atoms with van der Waals surface area (Å²) in [6.45, 7) is 1.15. The summed E-state index contributed by atoms with van der Waals surface area (Å²) in [6, 6.07) is 2.70. The first-order chi connectivity index (χ1) is 9.36. The second-order valence-corrected chi connectivity index (χ2v) is 5.32. The molecule has 1 aromatic heterocycles. The number of nitrogens with zero attached hydrogens (tertiary/aromatic N) is 4. The van der Waals surface area contributed by atoms with Gasteiger partial charge in [-0.3, -0.25) is 10.1 Å². The van der Waals surface area contributed by atoms with Gasteiger partial charge in [0.25, 0.3) is 5.69 Å². The highest BCUT2D eigenvalue weighted by Crippen LogP contribution is 2.28. The molecule has 0 aromatic carbocycles. The lowest BCUT2D eigenvalue weighted by atomic mass is 10.2. The van der Waals surface area contributed by atoms with Crippen LogP contribution < -0.4 is 10.6 Å². The molecule has 2 atom stereocenters. The minimum absolute atomic E-state index is 0.0638. The summed E-state index contributed by atoms with van der Waals surface area (Å²) in [7, 11) is 3.89. The molecule has 0 spiro atoms. The molecule has 1 aromatic rings. The van der Waals surface area contributed by atoms with Gasteiger partial charge in [-0.05, 0) is 20.5 Å². The molecular weight excluding hydrogens is 262 g/mol. The molecular formula is C12H19N5O3. The molecule has 0 saturated carbocycles. The van der Waals surface area contributed by atoms with E-state index in [4.69, 9.17) is 5.73 Å². The Hall–Kier alpha value is -1.93. The van der Waals surface area contributed by atoms with Crippen LogP contribution in [0.25, 0.3) is 0 Å². The number of β-amino-alcohol motifs (C(OH)–C–C–N with tert-alkyl or cyclic N) is 1. The zero-order chi connectivity index (χ0) is 14.9. The lowest BCUT2D eigenvalue weighted by Crippen LogP contribution is -2.38. The second kappa shape index (κ2) is 5.59. The number of pyridine rings is 1. The molecule has 0 bridgehead atoms. The van der Waals surface area contributed by atoms with Gasteiger partial charge in [0.05, 0.1) is 23.2 Å². The lowest BCUT2D eigenvalue weighted by molar-refractivity contribution is -0.384. The average Bonchev–Trinajstić information content (AvgIpc) is 2.68. The Balaban J connectivity index is 2.31. The number of hydrogen-bond donors (Lipinski definition) is 2. The molecule has 8 heteroatoms. The molecule has 20 heavy (non-hydrogen) atoms. The van der Waals surface area contributed by atoms with Crippen molar-refractivity contribution in [3.8, 4) is 0 Å². The Morgan fingerprint density at radius 3 is 2.90 bits per heavy atom. The highest BCUT2D eigenvalue weighted by molar-refractivity contribution is 5.55. The topological polar surface area (TPSA) is 109 Å². The van der Waals surface area contributed by atoms with E-state index < -0.39 is 11.0 Å². The highest BCUT2D eigenvalue weighted by Gasteiger charge is 2.33. The van der Waals surface area contributed by atoms with Crippen LogP contribution in [0.4, 0.5) is 17.3 Å². The molecule has 0 aliphatic carbocycles. The molecule has 1 aliphatic rings. The Labute approximate surface area is 117 Å². The third-order valence-corrected chi connectivity index (χ3v) is 3.29. The lowest BCUT2D eigenvalue weighted by Gasteiger charge is -2.27. The molecule has 8 nitrogen and oxygen atoms in total. The maximum atomic E-state index is 10.9. The molecule has 0 amide bonds. The van der Waals surface area contributed by atoms with Gasteiger partial charge in [-0.15, -0.1) is 0 Å². The first kappa shape index (κ1) is 14.5. The van der Waals surface area contributed by atoms with Gasteiger partial charge in [0.2, 0.25) is 0 Å². The molecule has 1 saturated heterocycles. The van der Waals surface area contributed by atoms with E-state index in [1.165, 1.54) is 12.1 Å². The number of likely N-dealkylation sites (N-methyl/N-ethyl adjacent to an activating group) is 1. The molecule has 3 N–H and O–H groups in total. The Bertz CT molecular complexity index is 508. The monoisotopic (exact) mass is 281 g/mol. The van der Waals surface area contributed by atoms with Crippen molar-refractivity contribution in [1.82, 2.24) is 9.88 Å². The fourth-order valence-electron chi connectivity index (χ4n) is 2.54. The number of aromatic nitrogens is 1. The molecule has 0 radical (unpaired) electrons. The van der Waals surface area contributed by atoms with Crippen LogP contribution >= 0.6 is 0 Å². The molecule has 2 heterocycles. The molecule has 2 unspecified atom stereocenters. The summed E-state index contributed by atoms with van der Waals surface area (Å²) in [5.41, 5.74) is 5.55. The SMILES string of the molecule is CN(C)CC1CC(O)CN1c1cc([N+](=O)[O-])cc(N)n1. The number of aliphatic hydroxyl groups is 1. The molecule has 1 fully saturated rings. The Morgan fingerprint density at radius 1 is 1.60 bits per heavy atom. The van der Waals surface area contributed by atoms with E-state index in [2.05, 4.69) is 4.98 Å². The molecule has 2 rings (SSSR count). The van der Waals surface area contributed by atoms with Gasteiger partial charge in [0.15, 0.2) is 0 Å². The normalized spacial score (nSPS) is 22.5. The van der Waals surface area contributed by atoms with E-state index in [9.17, 15) is 15.2 Å². The van der Waals surface area contributed by atoms with Gasteiger partial charge in [-0.25, -0.2) is 4.98 Å². The van der Waals surface area contributed by atoms with Crippen LogP contribution in [-0.2, 0) is 0 Å². The first-order valence-electron chi connectivity index (χ1n) is 6.38. The third-order valence-electron chi connectivity index (χ3n) is 3.29. The van der Waals surface area contributed by atoms with Gasteiger partial charge in [0.1, 0.15) is 11.6 Å².